The van der Waals surface area contributed by atoms with Crippen LogP contribution in [0.25, 0.3) is 0 Å². The standard InChI is InChI=1S/C14H19N3OS/c1-11(19-2)7-10-17-14(18)13-12(5-3-8-15)6-4-9-16-13/h4,6,9,11H,7-8,10,15H2,1-2H3,(H,17,18). The van der Waals surface area contributed by atoms with Crippen molar-refractivity contribution in [2.75, 3.05) is 19.3 Å². The molecule has 1 unspecified atom stereocenters. The molecule has 0 saturated heterocycles. The summed E-state index contributed by atoms with van der Waals surface area (Å²) in [4.78, 5) is 16.1. The normalized spacial score (nSPS) is 11.3. The van der Waals surface area contributed by atoms with Gasteiger partial charge in [0.25, 0.3) is 5.91 Å². The van der Waals surface area contributed by atoms with E-state index in [1.165, 1.54) is 0 Å². The molecule has 0 spiro atoms. The van der Waals surface area contributed by atoms with E-state index in [1.54, 1.807) is 30.1 Å². The fourth-order valence-corrected chi connectivity index (χ4v) is 1.78. The topological polar surface area (TPSA) is 68.0 Å². The minimum Gasteiger partial charge on any atom is -0.351 e. The van der Waals surface area contributed by atoms with Crippen LogP contribution in [-0.4, -0.2) is 35.5 Å². The first-order valence-corrected chi connectivity index (χ1v) is 7.42. The fourth-order valence-electron chi connectivity index (χ4n) is 1.42. The van der Waals surface area contributed by atoms with Crippen molar-refractivity contribution < 1.29 is 4.79 Å². The lowest BCUT2D eigenvalue weighted by Crippen LogP contribution is -2.27. The molecule has 0 fully saturated rings. The van der Waals surface area contributed by atoms with Crippen LogP contribution in [0.5, 0.6) is 0 Å². The fraction of sp³-hybridized carbons (Fsp3) is 0.429. The summed E-state index contributed by atoms with van der Waals surface area (Å²) in [6.07, 6.45) is 4.59. The Morgan fingerprint density at radius 1 is 1.63 bits per heavy atom. The minimum atomic E-state index is -0.185. The lowest BCUT2D eigenvalue weighted by Gasteiger charge is -2.09. The highest BCUT2D eigenvalue weighted by atomic mass is 32.2. The molecule has 0 aliphatic rings. The van der Waals surface area contributed by atoms with Gasteiger partial charge in [-0.1, -0.05) is 18.8 Å². The van der Waals surface area contributed by atoms with Crippen LogP contribution in [0.1, 0.15) is 29.4 Å². The summed E-state index contributed by atoms with van der Waals surface area (Å²) in [5.41, 5.74) is 6.31. The highest BCUT2D eigenvalue weighted by Gasteiger charge is 2.11. The molecule has 0 aliphatic carbocycles. The molecule has 1 atom stereocenters. The van der Waals surface area contributed by atoms with Crippen LogP contribution in [0.2, 0.25) is 0 Å². The second-order valence-electron chi connectivity index (χ2n) is 4.00. The van der Waals surface area contributed by atoms with Crippen LogP contribution in [0.3, 0.4) is 0 Å². The molecule has 1 rings (SSSR count). The Balaban J connectivity index is 2.66. The number of thioether (sulfide) groups is 1. The number of nitrogens with one attached hydrogen (secondary N) is 1. The molecule has 4 nitrogen and oxygen atoms in total. The third-order valence-corrected chi connectivity index (χ3v) is 3.63. The molecule has 3 N–H and O–H groups in total. The number of rotatable bonds is 5. The summed E-state index contributed by atoms with van der Waals surface area (Å²) < 4.78 is 0. The maximum absolute atomic E-state index is 12.0. The molecule has 1 heterocycles. The van der Waals surface area contributed by atoms with Crippen LogP contribution >= 0.6 is 11.8 Å². The van der Waals surface area contributed by atoms with Crippen LogP contribution in [-0.2, 0) is 0 Å². The summed E-state index contributed by atoms with van der Waals surface area (Å²) in [6, 6.07) is 3.53. The lowest BCUT2D eigenvalue weighted by atomic mass is 10.2. The zero-order valence-corrected chi connectivity index (χ0v) is 12.1. The monoisotopic (exact) mass is 277 g/mol. The number of nitrogens with two attached hydrogens (primary N) is 1. The average molecular weight is 277 g/mol. The van der Waals surface area contributed by atoms with Gasteiger partial charge in [0.2, 0.25) is 0 Å². The average Bonchev–Trinajstić information content (AvgIpc) is 2.45. The quantitative estimate of drug-likeness (QED) is 0.795. The Kier molecular flexibility index (Phi) is 7.01. The molecule has 5 heteroatoms. The third kappa shape index (κ3) is 5.33. The molecule has 0 saturated carbocycles. The molecule has 0 bridgehead atoms. The van der Waals surface area contributed by atoms with Gasteiger partial charge in [-0.25, -0.2) is 4.98 Å². The van der Waals surface area contributed by atoms with E-state index in [0.717, 1.165) is 6.42 Å². The van der Waals surface area contributed by atoms with Crippen molar-refractivity contribution in [3.63, 3.8) is 0 Å². The predicted octanol–water partition coefficient (Wildman–Crippen LogP) is 1.26. The second kappa shape index (κ2) is 8.57. The minimum absolute atomic E-state index is 0.185. The van der Waals surface area contributed by atoms with Crippen molar-refractivity contribution in [3.05, 3.63) is 29.6 Å². The van der Waals surface area contributed by atoms with Crippen molar-refractivity contribution in [3.8, 4) is 11.8 Å². The first-order valence-electron chi connectivity index (χ1n) is 6.14. The van der Waals surface area contributed by atoms with Crippen molar-refractivity contribution in [1.82, 2.24) is 10.3 Å². The summed E-state index contributed by atoms with van der Waals surface area (Å²) >= 11 is 1.78. The van der Waals surface area contributed by atoms with E-state index in [0.29, 0.717) is 23.1 Å². The number of carbonyl (C=O) groups is 1. The van der Waals surface area contributed by atoms with Gasteiger partial charge in [0.1, 0.15) is 5.69 Å². The Morgan fingerprint density at radius 2 is 2.42 bits per heavy atom. The third-order valence-electron chi connectivity index (χ3n) is 2.59. The van der Waals surface area contributed by atoms with Crippen molar-refractivity contribution in [1.29, 1.82) is 0 Å². The van der Waals surface area contributed by atoms with Crippen molar-refractivity contribution in [2.45, 2.75) is 18.6 Å². The van der Waals surface area contributed by atoms with Crippen molar-refractivity contribution in [2.24, 2.45) is 5.73 Å². The molecule has 1 aromatic heterocycles. The molecule has 0 aromatic carbocycles. The van der Waals surface area contributed by atoms with E-state index in [2.05, 4.69) is 35.3 Å². The summed E-state index contributed by atoms with van der Waals surface area (Å²) in [6.45, 7) is 3.04. The Bertz CT molecular complexity index is 479. The molecule has 0 radical (unpaired) electrons. The highest BCUT2D eigenvalue weighted by molar-refractivity contribution is 7.99. The first-order chi connectivity index (χ1) is 9.19. The molecule has 0 aliphatic heterocycles. The van der Waals surface area contributed by atoms with E-state index in [-0.39, 0.29) is 12.5 Å². The van der Waals surface area contributed by atoms with Gasteiger partial charge in [-0.2, -0.15) is 11.8 Å². The maximum Gasteiger partial charge on any atom is 0.271 e. The largest absolute Gasteiger partial charge is 0.351 e. The summed E-state index contributed by atoms with van der Waals surface area (Å²) in [5, 5.41) is 3.40. The van der Waals surface area contributed by atoms with Crippen molar-refractivity contribution >= 4 is 17.7 Å². The Morgan fingerprint density at radius 3 is 3.11 bits per heavy atom. The first kappa shape index (κ1) is 15.5. The van der Waals surface area contributed by atoms with Gasteiger partial charge in [-0.05, 0) is 24.8 Å². The molecule has 1 amide bonds. The number of pyridine rings is 1. The number of amides is 1. The van der Waals surface area contributed by atoms with Gasteiger partial charge < -0.3 is 11.1 Å². The van der Waals surface area contributed by atoms with E-state index < -0.39 is 0 Å². The van der Waals surface area contributed by atoms with E-state index in [9.17, 15) is 4.79 Å². The molecule has 102 valence electrons. The van der Waals surface area contributed by atoms with E-state index in [1.807, 2.05) is 0 Å². The lowest BCUT2D eigenvalue weighted by molar-refractivity contribution is 0.0948. The van der Waals surface area contributed by atoms with Gasteiger partial charge >= 0.3 is 0 Å². The molecule has 19 heavy (non-hydrogen) atoms. The SMILES string of the molecule is CSC(C)CCNC(=O)c1ncccc1C#CCN. The van der Waals surface area contributed by atoms with Gasteiger partial charge in [-0.15, -0.1) is 0 Å². The number of hydrogen-bond donors (Lipinski definition) is 2. The Hall–Kier alpha value is -1.51. The summed E-state index contributed by atoms with van der Waals surface area (Å²) in [5.74, 6) is 5.41. The zero-order valence-electron chi connectivity index (χ0n) is 11.3. The second-order valence-corrected chi connectivity index (χ2v) is 5.27. The van der Waals surface area contributed by atoms with Crippen LogP contribution < -0.4 is 11.1 Å². The Labute approximate surface area is 118 Å². The van der Waals surface area contributed by atoms with Gasteiger partial charge in [0, 0.05) is 18.0 Å². The number of aromatic nitrogens is 1. The van der Waals surface area contributed by atoms with Crippen LogP contribution in [0.4, 0.5) is 0 Å². The van der Waals surface area contributed by atoms with E-state index >= 15 is 0 Å². The number of hydrogen-bond acceptors (Lipinski definition) is 4. The summed E-state index contributed by atoms with van der Waals surface area (Å²) in [7, 11) is 0. The molecular weight excluding hydrogens is 258 g/mol. The van der Waals surface area contributed by atoms with Gasteiger partial charge in [0.15, 0.2) is 0 Å². The van der Waals surface area contributed by atoms with Gasteiger partial charge in [0.05, 0.1) is 12.1 Å². The van der Waals surface area contributed by atoms with Crippen LogP contribution in [0, 0.1) is 11.8 Å². The number of carbonyl (C=O) groups excluding carboxylic acids is 1. The van der Waals surface area contributed by atoms with Crippen LogP contribution in [0.15, 0.2) is 18.3 Å². The predicted molar refractivity (Wildman–Crippen MR) is 80.1 cm³/mol. The smallest absolute Gasteiger partial charge is 0.271 e. The van der Waals surface area contributed by atoms with E-state index in [4.69, 9.17) is 5.73 Å². The zero-order chi connectivity index (χ0) is 14.1. The molecule has 1 aromatic rings. The number of nitrogens with zero attached hydrogens (tertiary/aromatic N) is 1. The van der Waals surface area contributed by atoms with Gasteiger partial charge in [-0.3, -0.25) is 4.79 Å². The highest BCUT2D eigenvalue weighted by Crippen LogP contribution is 2.08. The maximum atomic E-state index is 12.0. The molecular formula is C14H19N3OS.